The fourth-order valence-corrected chi connectivity index (χ4v) is 4.18. The van der Waals surface area contributed by atoms with Gasteiger partial charge in [-0.3, -0.25) is 4.79 Å². The molecule has 0 aliphatic carbocycles. The number of rotatable bonds is 2. The normalized spacial score (nSPS) is 27.8. The smallest absolute Gasteiger partial charge is 0.312 e. The number of aliphatic carboxylic acids is 1. The molecule has 0 radical (unpaired) electrons. The molecule has 1 saturated heterocycles. The van der Waals surface area contributed by atoms with Crippen molar-refractivity contribution in [3.8, 4) is 0 Å². The molecule has 1 aromatic heterocycles. The van der Waals surface area contributed by atoms with Crippen molar-refractivity contribution in [2.45, 2.75) is 44.1 Å². The average molecular weight is 266 g/mol. The summed E-state index contributed by atoms with van der Waals surface area (Å²) in [4.78, 5) is 15.8. The number of aromatic nitrogens is 2. The van der Waals surface area contributed by atoms with Crippen LogP contribution in [0.4, 0.5) is 0 Å². The van der Waals surface area contributed by atoms with Gasteiger partial charge in [0.1, 0.15) is 5.82 Å². The van der Waals surface area contributed by atoms with Crippen LogP contribution in [0, 0.1) is 0 Å². The number of carboxylic acids is 1. The molecule has 1 fully saturated rings. The van der Waals surface area contributed by atoms with Crippen molar-refractivity contribution in [3.05, 3.63) is 17.7 Å². The second kappa shape index (κ2) is 4.96. The van der Waals surface area contributed by atoms with Crippen LogP contribution in [0.3, 0.4) is 0 Å². The van der Waals surface area contributed by atoms with Gasteiger partial charge in [0.15, 0.2) is 0 Å². The van der Waals surface area contributed by atoms with E-state index in [1.54, 1.807) is 6.20 Å². The fourth-order valence-electron chi connectivity index (χ4n) is 3.05. The summed E-state index contributed by atoms with van der Waals surface area (Å²) in [6, 6.07) is 0. The van der Waals surface area contributed by atoms with Crippen LogP contribution >= 0.6 is 11.8 Å². The monoisotopic (exact) mass is 266 g/mol. The second-order valence-corrected chi connectivity index (χ2v) is 6.29. The summed E-state index contributed by atoms with van der Waals surface area (Å²) < 4.78 is 2.18. The van der Waals surface area contributed by atoms with Crippen molar-refractivity contribution in [2.75, 3.05) is 11.5 Å². The highest BCUT2D eigenvalue weighted by atomic mass is 32.2. The molecule has 3 heterocycles. The highest BCUT2D eigenvalue weighted by Crippen LogP contribution is 2.35. The molecule has 0 aromatic carbocycles. The van der Waals surface area contributed by atoms with Crippen LogP contribution in [-0.2, 0) is 11.3 Å². The lowest BCUT2D eigenvalue weighted by Gasteiger charge is -2.26. The number of hydrogen-bond acceptors (Lipinski definition) is 3. The first-order valence-corrected chi connectivity index (χ1v) is 7.78. The van der Waals surface area contributed by atoms with Gasteiger partial charge in [-0.05, 0) is 31.4 Å². The Bertz CT molecular complexity index is 452. The predicted octanol–water partition coefficient (Wildman–Crippen LogP) is 2.46. The van der Waals surface area contributed by atoms with E-state index in [9.17, 15) is 9.90 Å². The van der Waals surface area contributed by atoms with Gasteiger partial charge in [0.2, 0.25) is 0 Å². The summed E-state index contributed by atoms with van der Waals surface area (Å²) in [6.45, 7) is 0.940. The summed E-state index contributed by atoms with van der Waals surface area (Å²) in [5.74, 6) is 2.97. The van der Waals surface area contributed by atoms with Gasteiger partial charge in [0.05, 0.1) is 11.6 Å². The molecule has 0 bridgehead atoms. The van der Waals surface area contributed by atoms with E-state index in [1.165, 1.54) is 18.6 Å². The lowest BCUT2D eigenvalue weighted by Crippen LogP contribution is -2.24. The fraction of sp³-hybridized carbons (Fsp3) is 0.692. The number of thioether (sulfide) groups is 1. The third-order valence-electron chi connectivity index (χ3n) is 3.97. The van der Waals surface area contributed by atoms with Gasteiger partial charge in [-0.2, -0.15) is 11.8 Å². The maximum Gasteiger partial charge on any atom is 0.312 e. The Hall–Kier alpha value is -0.970. The van der Waals surface area contributed by atoms with Crippen molar-refractivity contribution in [1.82, 2.24) is 9.55 Å². The van der Waals surface area contributed by atoms with Crippen LogP contribution in [0.15, 0.2) is 6.20 Å². The third-order valence-corrected chi connectivity index (χ3v) is 5.19. The number of carboxylic acid groups (broad SMARTS) is 1. The summed E-state index contributed by atoms with van der Waals surface area (Å²) in [5.41, 5.74) is 0.916. The van der Waals surface area contributed by atoms with Crippen LogP contribution in [0.5, 0.6) is 0 Å². The molecular formula is C13H18N2O2S. The third kappa shape index (κ3) is 2.05. The van der Waals surface area contributed by atoms with E-state index in [2.05, 4.69) is 9.55 Å². The zero-order valence-corrected chi connectivity index (χ0v) is 11.2. The minimum Gasteiger partial charge on any atom is -0.481 e. The number of hydrogen-bond donors (Lipinski definition) is 1. The van der Waals surface area contributed by atoms with E-state index in [1.807, 2.05) is 11.8 Å². The molecule has 3 rings (SSSR count). The molecule has 2 aliphatic rings. The molecule has 98 valence electrons. The van der Waals surface area contributed by atoms with Gasteiger partial charge in [-0.25, -0.2) is 4.98 Å². The lowest BCUT2D eigenvalue weighted by molar-refractivity contribution is -0.139. The molecule has 0 saturated carbocycles. The molecule has 5 heteroatoms. The van der Waals surface area contributed by atoms with Crippen molar-refractivity contribution >= 4 is 17.7 Å². The maximum atomic E-state index is 11.3. The van der Waals surface area contributed by atoms with Crippen molar-refractivity contribution in [1.29, 1.82) is 0 Å². The quantitative estimate of drug-likeness (QED) is 0.893. The molecule has 2 atom stereocenters. The molecule has 18 heavy (non-hydrogen) atoms. The number of nitrogens with zero attached hydrogens (tertiary/aromatic N) is 2. The molecule has 2 aliphatic heterocycles. The molecular weight excluding hydrogens is 248 g/mol. The second-order valence-electron chi connectivity index (χ2n) is 5.14. The van der Waals surface area contributed by atoms with E-state index in [0.717, 1.165) is 36.7 Å². The summed E-state index contributed by atoms with van der Waals surface area (Å²) in [6.07, 6.45) is 5.95. The van der Waals surface area contributed by atoms with Crippen LogP contribution in [-0.4, -0.2) is 32.1 Å². The Kier molecular flexibility index (Phi) is 3.33. The Morgan fingerprint density at radius 2 is 2.33 bits per heavy atom. The molecule has 0 spiro atoms. The number of carbonyl (C=O) groups is 1. The first kappa shape index (κ1) is 12.1. The summed E-state index contributed by atoms with van der Waals surface area (Å²) >= 11 is 1.99. The zero-order chi connectivity index (χ0) is 12.5. The van der Waals surface area contributed by atoms with Gasteiger partial charge in [0.25, 0.3) is 0 Å². The zero-order valence-electron chi connectivity index (χ0n) is 10.3. The molecule has 1 N–H and O–H groups in total. The summed E-state index contributed by atoms with van der Waals surface area (Å²) in [5, 5.41) is 9.26. The number of imidazole rings is 1. The van der Waals surface area contributed by atoms with E-state index in [-0.39, 0.29) is 5.92 Å². The maximum absolute atomic E-state index is 11.3. The minimum absolute atomic E-state index is 0.351. The first-order valence-electron chi connectivity index (χ1n) is 6.63. The average Bonchev–Trinajstić information content (AvgIpc) is 2.83. The van der Waals surface area contributed by atoms with Crippen molar-refractivity contribution in [3.63, 3.8) is 0 Å². The van der Waals surface area contributed by atoms with Gasteiger partial charge in [-0.15, -0.1) is 0 Å². The largest absolute Gasteiger partial charge is 0.481 e. The summed E-state index contributed by atoms with van der Waals surface area (Å²) in [7, 11) is 0. The van der Waals surface area contributed by atoms with E-state index in [0.29, 0.717) is 5.92 Å². The van der Waals surface area contributed by atoms with Crippen molar-refractivity contribution in [2.24, 2.45) is 0 Å². The van der Waals surface area contributed by atoms with E-state index < -0.39 is 5.97 Å². The SMILES string of the molecule is O=C(O)C1CCCn2c1cnc2C1CCCSC1. The van der Waals surface area contributed by atoms with Gasteiger partial charge in [-0.1, -0.05) is 0 Å². The number of fused-ring (bicyclic) bond motifs is 1. The lowest BCUT2D eigenvalue weighted by atomic mass is 9.96. The predicted molar refractivity (Wildman–Crippen MR) is 71.1 cm³/mol. The van der Waals surface area contributed by atoms with Crippen molar-refractivity contribution < 1.29 is 9.90 Å². The van der Waals surface area contributed by atoms with Crippen LogP contribution in [0.1, 0.15) is 49.0 Å². The van der Waals surface area contributed by atoms with Gasteiger partial charge in [0, 0.05) is 24.4 Å². The highest BCUT2D eigenvalue weighted by molar-refractivity contribution is 7.99. The Morgan fingerprint density at radius 1 is 1.44 bits per heavy atom. The Balaban J connectivity index is 1.91. The molecule has 1 aromatic rings. The Labute approximate surface area is 111 Å². The topological polar surface area (TPSA) is 55.1 Å². The Morgan fingerprint density at radius 3 is 3.06 bits per heavy atom. The molecule has 4 nitrogen and oxygen atoms in total. The highest BCUT2D eigenvalue weighted by Gasteiger charge is 2.31. The van der Waals surface area contributed by atoms with E-state index in [4.69, 9.17) is 0 Å². The molecule has 0 amide bonds. The van der Waals surface area contributed by atoms with Gasteiger partial charge >= 0.3 is 5.97 Å². The van der Waals surface area contributed by atoms with E-state index >= 15 is 0 Å². The van der Waals surface area contributed by atoms with Gasteiger partial charge < -0.3 is 9.67 Å². The molecule has 2 unspecified atom stereocenters. The van der Waals surface area contributed by atoms with Crippen LogP contribution < -0.4 is 0 Å². The van der Waals surface area contributed by atoms with Crippen LogP contribution in [0.25, 0.3) is 0 Å². The minimum atomic E-state index is -0.708. The first-order chi connectivity index (χ1) is 8.77. The van der Waals surface area contributed by atoms with Crippen LogP contribution in [0.2, 0.25) is 0 Å². The standard InChI is InChI=1S/C13H18N2O2S/c16-13(17)10-4-1-5-15-11(10)7-14-12(15)9-3-2-6-18-8-9/h7,9-10H,1-6,8H2,(H,16,17).